The molecule has 0 saturated heterocycles. The lowest BCUT2D eigenvalue weighted by molar-refractivity contribution is -0.143. The Morgan fingerprint density at radius 3 is 2.68 bits per heavy atom. The van der Waals surface area contributed by atoms with Gasteiger partial charge in [0.25, 0.3) is 0 Å². The molecule has 3 N–H and O–H groups in total. The Morgan fingerprint density at radius 1 is 1.53 bits per heavy atom. The highest BCUT2D eigenvalue weighted by atomic mass is 16.6. The summed E-state index contributed by atoms with van der Waals surface area (Å²) in [6.45, 7) is 1.92. The number of hydrogen-bond acceptors (Lipinski definition) is 5. The van der Waals surface area contributed by atoms with E-state index in [1.807, 2.05) is 6.92 Å². The van der Waals surface area contributed by atoms with Gasteiger partial charge >= 0.3 is 5.97 Å². The highest BCUT2D eigenvalue weighted by molar-refractivity contribution is 5.97. The molecule has 1 rings (SSSR count). The molecule has 1 unspecified atom stereocenters. The number of benzene rings is 1. The molecule has 0 aliphatic heterocycles. The van der Waals surface area contributed by atoms with Gasteiger partial charge in [0, 0.05) is 0 Å². The number of ether oxygens (including phenoxy) is 1. The van der Waals surface area contributed by atoms with Gasteiger partial charge in [-0.2, -0.15) is 5.26 Å². The van der Waals surface area contributed by atoms with Crippen molar-refractivity contribution in [3.8, 4) is 11.8 Å². The van der Waals surface area contributed by atoms with Gasteiger partial charge in [0.2, 0.25) is 0 Å². The van der Waals surface area contributed by atoms with Crippen LogP contribution in [0.4, 0.5) is 0 Å². The average molecular weight is 260 g/mol. The topological polar surface area (TPSA) is 96.3 Å². The van der Waals surface area contributed by atoms with Crippen molar-refractivity contribution in [2.45, 2.75) is 26.0 Å². The first-order valence-electron chi connectivity index (χ1n) is 5.94. The fourth-order valence-corrected chi connectivity index (χ4v) is 1.42. The molecular weight excluding hydrogens is 244 g/mol. The molecule has 0 aromatic heterocycles. The molecule has 5 heteroatoms. The first kappa shape index (κ1) is 14.7. The second-order valence-electron chi connectivity index (χ2n) is 3.99. The van der Waals surface area contributed by atoms with Gasteiger partial charge in [0.05, 0.1) is 0 Å². The third-order valence-corrected chi connectivity index (χ3v) is 2.38. The lowest BCUT2D eigenvalue weighted by Gasteiger charge is -2.11. The molecule has 0 bridgehead atoms. The maximum atomic E-state index is 11.7. The number of rotatable bonds is 5. The predicted octanol–water partition coefficient (Wildman–Crippen LogP) is 1.93. The largest absolute Gasteiger partial charge is 0.508 e. The number of hydrogen-bond donors (Lipinski definition) is 2. The number of esters is 1. The standard InChI is InChI=1S/C14H16N2O3/c1-2-3-13(16)19-14(18)11(9-15)8-10-4-6-12(17)7-5-10/h4-8,13,17H,2-3,16H2,1H3. The fraction of sp³-hybridized carbons (Fsp3) is 0.286. The van der Waals surface area contributed by atoms with E-state index in [1.165, 1.54) is 18.2 Å². The van der Waals surface area contributed by atoms with Crippen LogP contribution < -0.4 is 5.73 Å². The first-order chi connectivity index (χ1) is 9.06. The normalized spacial score (nSPS) is 12.6. The summed E-state index contributed by atoms with van der Waals surface area (Å²) in [7, 11) is 0. The van der Waals surface area contributed by atoms with Crippen LogP contribution in [0.25, 0.3) is 6.08 Å². The predicted molar refractivity (Wildman–Crippen MR) is 70.7 cm³/mol. The molecule has 1 aromatic carbocycles. The van der Waals surface area contributed by atoms with E-state index >= 15 is 0 Å². The monoisotopic (exact) mass is 260 g/mol. The number of nitrogens with two attached hydrogens (primary N) is 1. The van der Waals surface area contributed by atoms with Gasteiger partial charge < -0.3 is 9.84 Å². The maximum absolute atomic E-state index is 11.7. The second-order valence-corrected chi connectivity index (χ2v) is 3.99. The summed E-state index contributed by atoms with van der Waals surface area (Å²) in [6.07, 6.45) is 2.02. The fourth-order valence-electron chi connectivity index (χ4n) is 1.42. The second kappa shape index (κ2) is 7.19. The van der Waals surface area contributed by atoms with Crippen LogP contribution in [0, 0.1) is 11.3 Å². The van der Waals surface area contributed by atoms with Crippen molar-refractivity contribution in [1.29, 1.82) is 5.26 Å². The van der Waals surface area contributed by atoms with Gasteiger partial charge in [0.15, 0.2) is 6.23 Å². The number of nitrogens with zero attached hydrogens (tertiary/aromatic N) is 1. The van der Waals surface area contributed by atoms with E-state index in [2.05, 4.69) is 0 Å². The van der Waals surface area contributed by atoms with E-state index in [1.54, 1.807) is 18.2 Å². The lowest BCUT2D eigenvalue weighted by atomic mass is 10.1. The van der Waals surface area contributed by atoms with E-state index in [0.29, 0.717) is 12.0 Å². The zero-order valence-corrected chi connectivity index (χ0v) is 10.7. The molecule has 0 saturated carbocycles. The smallest absolute Gasteiger partial charge is 0.350 e. The van der Waals surface area contributed by atoms with Crippen molar-refractivity contribution < 1.29 is 14.6 Å². The zero-order valence-electron chi connectivity index (χ0n) is 10.7. The SMILES string of the molecule is CCCC(N)OC(=O)C(C#N)=Cc1ccc(O)cc1. The molecule has 0 spiro atoms. The Kier molecular flexibility index (Phi) is 5.58. The number of carbonyl (C=O) groups is 1. The summed E-state index contributed by atoms with van der Waals surface area (Å²) in [5, 5.41) is 18.1. The minimum absolute atomic E-state index is 0.114. The summed E-state index contributed by atoms with van der Waals surface area (Å²) < 4.78 is 4.94. The molecule has 0 fully saturated rings. The highest BCUT2D eigenvalue weighted by Crippen LogP contribution is 2.13. The molecular formula is C14H16N2O3. The van der Waals surface area contributed by atoms with Gasteiger partial charge in [-0.1, -0.05) is 25.5 Å². The third-order valence-electron chi connectivity index (χ3n) is 2.38. The molecule has 0 radical (unpaired) electrons. The van der Waals surface area contributed by atoms with Crippen LogP contribution in [0.5, 0.6) is 5.75 Å². The van der Waals surface area contributed by atoms with Gasteiger partial charge in [-0.05, 0) is 30.2 Å². The van der Waals surface area contributed by atoms with Crippen molar-refractivity contribution in [2.75, 3.05) is 0 Å². The van der Waals surface area contributed by atoms with Crippen LogP contribution in [-0.2, 0) is 9.53 Å². The zero-order chi connectivity index (χ0) is 14.3. The number of phenolic OH excluding ortho intramolecular Hbond substituents is 1. The van der Waals surface area contributed by atoms with E-state index in [4.69, 9.17) is 20.8 Å². The maximum Gasteiger partial charge on any atom is 0.350 e. The quantitative estimate of drug-likeness (QED) is 0.365. The Balaban J connectivity index is 2.80. The van der Waals surface area contributed by atoms with Crippen LogP contribution in [-0.4, -0.2) is 17.3 Å². The molecule has 100 valence electrons. The van der Waals surface area contributed by atoms with Crippen molar-refractivity contribution in [3.63, 3.8) is 0 Å². The van der Waals surface area contributed by atoms with Crippen LogP contribution in [0.2, 0.25) is 0 Å². The molecule has 1 aromatic rings. The molecule has 0 aliphatic rings. The molecule has 5 nitrogen and oxygen atoms in total. The van der Waals surface area contributed by atoms with E-state index < -0.39 is 12.2 Å². The van der Waals surface area contributed by atoms with Crippen molar-refractivity contribution in [3.05, 3.63) is 35.4 Å². The number of nitriles is 1. The van der Waals surface area contributed by atoms with Crippen molar-refractivity contribution in [1.82, 2.24) is 0 Å². The molecule has 1 atom stereocenters. The lowest BCUT2D eigenvalue weighted by Crippen LogP contribution is -2.27. The molecule has 19 heavy (non-hydrogen) atoms. The summed E-state index contributed by atoms with van der Waals surface area (Å²) >= 11 is 0. The molecule has 0 aliphatic carbocycles. The Morgan fingerprint density at radius 2 is 2.16 bits per heavy atom. The summed E-state index contributed by atoms with van der Waals surface area (Å²) in [4.78, 5) is 11.7. The van der Waals surface area contributed by atoms with Crippen LogP contribution in [0.1, 0.15) is 25.3 Å². The van der Waals surface area contributed by atoms with Gasteiger partial charge in [-0.25, -0.2) is 4.79 Å². The van der Waals surface area contributed by atoms with E-state index in [9.17, 15) is 4.79 Å². The Labute approximate surface area is 111 Å². The number of carbonyl (C=O) groups excluding carboxylic acids is 1. The summed E-state index contributed by atoms with van der Waals surface area (Å²) in [5.74, 6) is -0.625. The summed E-state index contributed by atoms with van der Waals surface area (Å²) in [6, 6.07) is 7.89. The average Bonchev–Trinajstić information content (AvgIpc) is 2.38. The van der Waals surface area contributed by atoms with Gasteiger partial charge in [-0.3, -0.25) is 5.73 Å². The van der Waals surface area contributed by atoms with Crippen molar-refractivity contribution >= 4 is 12.0 Å². The Bertz CT molecular complexity index is 500. The molecule has 0 heterocycles. The molecule has 0 amide bonds. The van der Waals surface area contributed by atoms with Crippen LogP contribution in [0.15, 0.2) is 29.8 Å². The van der Waals surface area contributed by atoms with E-state index in [-0.39, 0.29) is 11.3 Å². The van der Waals surface area contributed by atoms with Gasteiger partial charge in [0.1, 0.15) is 17.4 Å². The van der Waals surface area contributed by atoms with Crippen LogP contribution in [0.3, 0.4) is 0 Å². The van der Waals surface area contributed by atoms with Gasteiger partial charge in [-0.15, -0.1) is 0 Å². The number of phenols is 1. The number of aromatic hydroxyl groups is 1. The Hall–Kier alpha value is -2.32. The highest BCUT2D eigenvalue weighted by Gasteiger charge is 2.14. The minimum Gasteiger partial charge on any atom is -0.508 e. The minimum atomic E-state index is -0.739. The van der Waals surface area contributed by atoms with E-state index in [0.717, 1.165) is 6.42 Å². The first-order valence-corrected chi connectivity index (χ1v) is 5.94. The van der Waals surface area contributed by atoms with Crippen LogP contribution >= 0.6 is 0 Å². The van der Waals surface area contributed by atoms with Crippen molar-refractivity contribution in [2.24, 2.45) is 5.73 Å². The third kappa shape index (κ3) is 4.82. The summed E-state index contributed by atoms with van der Waals surface area (Å²) in [5.41, 5.74) is 6.07.